The molecule has 2 atom stereocenters. The molecule has 2 aromatic rings. The van der Waals surface area contributed by atoms with Crippen LogP contribution in [0.1, 0.15) is 24.2 Å². The van der Waals surface area contributed by atoms with Crippen molar-refractivity contribution < 1.29 is 33.6 Å². The first-order valence-corrected chi connectivity index (χ1v) is 11.5. The molecule has 0 radical (unpaired) electrons. The number of carbonyl (C=O) groups excluding carboxylic acids is 4. The van der Waals surface area contributed by atoms with Gasteiger partial charge in [0.2, 0.25) is 5.12 Å². The van der Waals surface area contributed by atoms with Crippen molar-refractivity contribution in [1.82, 2.24) is 10.2 Å². The summed E-state index contributed by atoms with van der Waals surface area (Å²) in [6.45, 7) is 2.85. The summed E-state index contributed by atoms with van der Waals surface area (Å²) in [6.07, 6.45) is 0. The SMILES string of the molecule is COC(=O)C(=C(C)C)N1C(=O)[C@@H](NC(=O)COc2ccccc2)[C@H]1SC(=O)c1ccc([N+](=O)[O-])cc1. The lowest BCUT2D eigenvalue weighted by Gasteiger charge is -2.46. The lowest BCUT2D eigenvalue weighted by molar-refractivity contribution is -0.384. The van der Waals surface area contributed by atoms with Gasteiger partial charge in [-0.25, -0.2) is 4.79 Å². The molecule has 1 fully saturated rings. The van der Waals surface area contributed by atoms with E-state index in [4.69, 9.17) is 9.47 Å². The number of benzene rings is 2. The van der Waals surface area contributed by atoms with Crippen molar-refractivity contribution in [3.63, 3.8) is 0 Å². The summed E-state index contributed by atoms with van der Waals surface area (Å²) in [5.74, 6) is -1.50. The van der Waals surface area contributed by atoms with Gasteiger partial charge < -0.3 is 14.8 Å². The Balaban J connectivity index is 1.80. The van der Waals surface area contributed by atoms with Gasteiger partial charge in [-0.2, -0.15) is 0 Å². The van der Waals surface area contributed by atoms with E-state index >= 15 is 0 Å². The molecule has 2 amide bonds. The standard InChI is InChI=1S/C24H23N3O8S/c1-14(2)20(23(30)34-3)26-21(29)19(25-18(28)13-35-17-7-5-4-6-8-17)22(26)36-24(31)15-9-11-16(12-10-15)27(32)33/h4-12,19,22H,13H2,1-3H3,(H,25,28)/t19-,22-/m1/s1. The van der Waals surface area contributed by atoms with E-state index in [1.807, 2.05) is 0 Å². The minimum Gasteiger partial charge on any atom is -0.484 e. The summed E-state index contributed by atoms with van der Waals surface area (Å²) >= 11 is 0.703. The first-order chi connectivity index (χ1) is 17.1. The number of hydrogen-bond donors (Lipinski definition) is 1. The van der Waals surface area contributed by atoms with Gasteiger partial charge in [0.05, 0.1) is 12.0 Å². The second kappa shape index (κ2) is 11.5. The predicted octanol–water partition coefficient (Wildman–Crippen LogP) is 2.67. The van der Waals surface area contributed by atoms with Crippen molar-refractivity contribution in [2.45, 2.75) is 25.3 Å². The fourth-order valence-corrected chi connectivity index (χ4v) is 4.50. The van der Waals surface area contributed by atoms with E-state index in [1.54, 1.807) is 44.2 Å². The number of rotatable bonds is 9. The Morgan fingerprint density at radius 2 is 1.72 bits per heavy atom. The van der Waals surface area contributed by atoms with Crippen molar-refractivity contribution >= 4 is 40.3 Å². The second-order valence-electron chi connectivity index (χ2n) is 7.80. The molecule has 3 rings (SSSR count). The van der Waals surface area contributed by atoms with Crippen LogP contribution in [0.2, 0.25) is 0 Å². The number of carbonyl (C=O) groups is 4. The Hall–Kier alpha value is -4.19. The van der Waals surface area contributed by atoms with Crippen molar-refractivity contribution in [2.24, 2.45) is 0 Å². The smallest absolute Gasteiger partial charge is 0.354 e. The Bertz CT molecular complexity index is 1210. The quantitative estimate of drug-likeness (QED) is 0.176. The Morgan fingerprint density at radius 1 is 1.08 bits per heavy atom. The average Bonchev–Trinajstić information content (AvgIpc) is 2.88. The van der Waals surface area contributed by atoms with Gasteiger partial charge in [0.15, 0.2) is 6.61 Å². The van der Waals surface area contributed by atoms with Gasteiger partial charge in [-0.1, -0.05) is 30.0 Å². The van der Waals surface area contributed by atoms with Crippen LogP contribution in [0.5, 0.6) is 5.75 Å². The van der Waals surface area contributed by atoms with Gasteiger partial charge in [0.1, 0.15) is 22.9 Å². The molecule has 1 heterocycles. The maximum absolute atomic E-state index is 13.0. The zero-order valence-electron chi connectivity index (χ0n) is 19.6. The molecule has 0 unspecified atom stereocenters. The number of para-hydroxylation sites is 1. The van der Waals surface area contributed by atoms with Crippen LogP contribution >= 0.6 is 11.8 Å². The monoisotopic (exact) mass is 513 g/mol. The number of thioether (sulfide) groups is 1. The maximum Gasteiger partial charge on any atom is 0.354 e. The lowest BCUT2D eigenvalue weighted by atomic mass is 10.0. The zero-order chi connectivity index (χ0) is 26.4. The van der Waals surface area contributed by atoms with Crippen LogP contribution in [0.25, 0.3) is 0 Å². The lowest BCUT2D eigenvalue weighted by Crippen LogP contribution is -2.70. The number of methoxy groups -OCH3 is 1. The predicted molar refractivity (Wildman–Crippen MR) is 130 cm³/mol. The van der Waals surface area contributed by atoms with Crippen LogP contribution in [0.4, 0.5) is 5.69 Å². The Labute approximate surface area is 210 Å². The third-order valence-corrected chi connectivity index (χ3v) is 6.28. The molecule has 0 spiro atoms. The Kier molecular flexibility index (Phi) is 8.43. The van der Waals surface area contributed by atoms with E-state index in [2.05, 4.69) is 5.32 Å². The van der Waals surface area contributed by atoms with Crippen molar-refractivity contribution in [3.8, 4) is 5.75 Å². The third-order valence-electron chi connectivity index (χ3n) is 5.11. The molecular formula is C24H23N3O8S. The number of allylic oxidation sites excluding steroid dienone is 1. The molecule has 11 nitrogen and oxygen atoms in total. The minimum atomic E-state index is -1.12. The van der Waals surface area contributed by atoms with Gasteiger partial charge in [0, 0.05) is 17.7 Å². The number of ether oxygens (including phenoxy) is 2. The number of β-lactam (4-membered cyclic amide) rings is 1. The average molecular weight is 514 g/mol. The van der Waals surface area contributed by atoms with Gasteiger partial charge in [-0.05, 0) is 43.7 Å². The first-order valence-electron chi connectivity index (χ1n) is 10.7. The number of nitro benzene ring substituents is 1. The topological polar surface area (TPSA) is 145 Å². The molecule has 0 bridgehead atoms. The highest BCUT2D eigenvalue weighted by atomic mass is 32.2. The van der Waals surface area contributed by atoms with Crippen LogP contribution in [-0.2, 0) is 19.1 Å². The van der Waals surface area contributed by atoms with Gasteiger partial charge in [-0.15, -0.1) is 0 Å². The van der Waals surface area contributed by atoms with Crippen LogP contribution in [0, 0.1) is 10.1 Å². The number of amides is 2. The summed E-state index contributed by atoms with van der Waals surface area (Å²) in [5, 5.41) is 12.0. The molecule has 0 saturated carbocycles. The normalized spacial score (nSPS) is 16.4. The molecule has 0 aliphatic carbocycles. The first kappa shape index (κ1) is 26.4. The van der Waals surface area contributed by atoms with Crippen molar-refractivity contribution in [2.75, 3.05) is 13.7 Å². The molecule has 1 saturated heterocycles. The molecule has 0 aromatic heterocycles. The minimum absolute atomic E-state index is 0.0393. The third kappa shape index (κ3) is 5.89. The number of nitrogens with zero attached hydrogens (tertiary/aromatic N) is 2. The number of nitrogens with one attached hydrogen (secondary N) is 1. The van der Waals surface area contributed by atoms with E-state index in [0.29, 0.717) is 23.1 Å². The molecule has 36 heavy (non-hydrogen) atoms. The van der Waals surface area contributed by atoms with Gasteiger partial charge in [-0.3, -0.25) is 29.4 Å². The number of nitro groups is 1. The van der Waals surface area contributed by atoms with Crippen LogP contribution < -0.4 is 10.1 Å². The van der Waals surface area contributed by atoms with Gasteiger partial charge >= 0.3 is 5.97 Å². The molecule has 188 valence electrons. The second-order valence-corrected chi connectivity index (χ2v) is 8.88. The molecule has 12 heteroatoms. The van der Waals surface area contributed by atoms with E-state index < -0.39 is 39.2 Å². The zero-order valence-corrected chi connectivity index (χ0v) is 20.4. The maximum atomic E-state index is 13.0. The Morgan fingerprint density at radius 3 is 2.28 bits per heavy atom. The molecular weight excluding hydrogens is 490 g/mol. The highest BCUT2D eigenvalue weighted by Gasteiger charge is 2.53. The highest BCUT2D eigenvalue weighted by molar-refractivity contribution is 8.14. The number of likely N-dealkylation sites (tertiary alicyclic amines) is 1. The largest absolute Gasteiger partial charge is 0.484 e. The molecule has 2 aromatic carbocycles. The molecule has 1 N–H and O–H groups in total. The van der Waals surface area contributed by atoms with Crippen LogP contribution in [0.15, 0.2) is 65.9 Å². The fraction of sp³-hybridized carbons (Fsp3) is 0.250. The molecule has 1 aliphatic rings. The summed E-state index contributed by atoms with van der Waals surface area (Å²) < 4.78 is 10.2. The van der Waals surface area contributed by atoms with Crippen molar-refractivity contribution in [1.29, 1.82) is 0 Å². The van der Waals surface area contributed by atoms with Crippen LogP contribution in [0.3, 0.4) is 0 Å². The highest BCUT2D eigenvalue weighted by Crippen LogP contribution is 2.37. The van der Waals surface area contributed by atoms with Crippen LogP contribution in [-0.4, -0.2) is 57.9 Å². The summed E-state index contributed by atoms with van der Waals surface area (Å²) in [7, 11) is 1.17. The number of non-ortho nitro benzene ring substituents is 1. The van der Waals surface area contributed by atoms with E-state index in [0.717, 1.165) is 4.90 Å². The number of esters is 1. The van der Waals surface area contributed by atoms with E-state index in [9.17, 15) is 29.3 Å². The summed E-state index contributed by atoms with van der Waals surface area (Å²) in [4.78, 5) is 62.2. The molecule has 1 aliphatic heterocycles. The summed E-state index contributed by atoms with van der Waals surface area (Å²) in [5.41, 5.74) is 0.403. The summed E-state index contributed by atoms with van der Waals surface area (Å²) in [6, 6.07) is 12.5. The van der Waals surface area contributed by atoms with Gasteiger partial charge in [0.25, 0.3) is 17.5 Å². The van der Waals surface area contributed by atoms with E-state index in [-0.39, 0.29) is 23.6 Å². The van der Waals surface area contributed by atoms with E-state index in [1.165, 1.54) is 31.4 Å². The van der Waals surface area contributed by atoms with Crippen molar-refractivity contribution in [3.05, 3.63) is 81.5 Å². The number of hydrogen-bond acceptors (Lipinski definition) is 9. The fourth-order valence-electron chi connectivity index (χ4n) is 3.37.